The first-order valence-electron chi connectivity index (χ1n) is 13.1. The summed E-state index contributed by atoms with van der Waals surface area (Å²) in [5.74, 6) is 0.966. The number of benzene rings is 1. The Morgan fingerprint density at radius 2 is 1.83 bits per heavy atom. The van der Waals surface area contributed by atoms with E-state index in [1.54, 1.807) is 0 Å². The Morgan fingerprint density at radius 1 is 1.00 bits per heavy atom. The fourth-order valence-electron chi connectivity index (χ4n) is 4.94. The third kappa shape index (κ3) is 4.78. The standard InChI is InChI=1S/C30H36N6/c1-6-21-11-22(8-7-20(4)16-31-5)13-24(12-21)28-15-27(25-14-23-9-10-32-29(23)33-17-25)35-30-26(19(2)3)18-34-36(28)30/h9-15,17-20,31H,6-8,16H2,1-5H3,(H,32,33). The smallest absolute Gasteiger partial charge is 0.159 e. The van der Waals surface area contributed by atoms with E-state index in [2.05, 4.69) is 79.4 Å². The van der Waals surface area contributed by atoms with Gasteiger partial charge in [-0.25, -0.2) is 14.5 Å². The van der Waals surface area contributed by atoms with E-state index in [1.807, 2.05) is 30.2 Å². The second-order valence-electron chi connectivity index (χ2n) is 10.2. The lowest BCUT2D eigenvalue weighted by Gasteiger charge is -2.14. The molecule has 1 aromatic carbocycles. The molecule has 0 fully saturated rings. The summed E-state index contributed by atoms with van der Waals surface area (Å²) in [4.78, 5) is 12.9. The molecule has 0 amide bonds. The van der Waals surface area contributed by atoms with Gasteiger partial charge in [0.25, 0.3) is 0 Å². The minimum absolute atomic E-state index is 0.328. The van der Waals surface area contributed by atoms with E-state index in [0.717, 1.165) is 65.0 Å². The number of hydrogen-bond donors (Lipinski definition) is 2. The number of aryl methyl sites for hydroxylation is 2. The molecule has 0 saturated heterocycles. The fraction of sp³-hybridized carbons (Fsp3) is 0.367. The highest BCUT2D eigenvalue weighted by Gasteiger charge is 2.17. The van der Waals surface area contributed by atoms with E-state index >= 15 is 0 Å². The van der Waals surface area contributed by atoms with Gasteiger partial charge in [0, 0.05) is 34.5 Å². The number of aromatic amines is 1. The van der Waals surface area contributed by atoms with Crippen molar-refractivity contribution >= 4 is 16.7 Å². The van der Waals surface area contributed by atoms with Crippen LogP contribution in [0.25, 0.3) is 39.2 Å². The van der Waals surface area contributed by atoms with Gasteiger partial charge < -0.3 is 10.3 Å². The van der Waals surface area contributed by atoms with Crippen molar-refractivity contribution in [3.05, 3.63) is 71.7 Å². The molecule has 0 bridgehead atoms. The largest absolute Gasteiger partial charge is 0.346 e. The summed E-state index contributed by atoms with van der Waals surface area (Å²) in [5.41, 5.74) is 9.87. The van der Waals surface area contributed by atoms with Crippen LogP contribution in [-0.2, 0) is 12.8 Å². The monoisotopic (exact) mass is 480 g/mol. The number of pyridine rings is 1. The van der Waals surface area contributed by atoms with Gasteiger partial charge in [-0.15, -0.1) is 0 Å². The maximum Gasteiger partial charge on any atom is 0.159 e. The van der Waals surface area contributed by atoms with Crippen molar-refractivity contribution in [1.29, 1.82) is 0 Å². The normalized spacial score (nSPS) is 12.7. The van der Waals surface area contributed by atoms with E-state index in [9.17, 15) is 0 Å². The lowest BCUT2D eigenvalue weighted by molar-refractivity contribution is 0.505. The van der Waals surface area contributed by atoms with Gasteiger partial charge in [0.1, 0.15) is 5.65 Å². The summed E-state index contributed by atoms with van der Waals surface area (Å²) in [6, 6.07) is 13.4. The molecule has 6 heteroatoms. The lowest BCUT2D eigenvalue weighted by atomic mass is 9.95. The second-order valence-corrected chi connectivity index (χ2v) is 10.2. The third-order valence-electron chi connectivity index (χ3n) is 7.05. The van der Waals surface area contributed by atoms with Crippen molar-refractivity contribution in [1.82, 2.24) is 29.9 Å². The van der Waals surface area contributed by atoms with E-state index < -0.39 is 0 Å². The van der Waals surface area contributed by atoms with Gasteiger partial charge in [-0.2, -0.15) is 5.10 Å². The number of fused-ring (bicyclic) bond motifs is 2. The van der Waals surface area contributed by atoms with E-state index in [4.69, 9.17) is 10.1 Å². The molecule has 2 N–H and O–H groups in total. The number of H-pyrrole nitrogens is 1. The zero-order valence-corrected chi connectivity index (χ0v) is 22.0. The molecule has 0 aliphatic rings. The number of aromatic nitrogens is 5. The minimum atomic E-state index is 0.328. The van der Waals surface area contributed by atoms with Gasteiger partial charge in [-0.3, -0.25) is 0 Å². The van der Waals surface area contributed by atoms with Crippen LogP contribution in [0.15, 0.2) is 55.0 Å². The van der Waals surface area contributed by atoms with Crippen molar-refractivity contribution in [3.8, 4) is 22.5 Å². The Hall–Kier alpha value is -3.51. The van der Waals surface area contributed by atoms with Gasteiger partial charge in [0.2, 0.25) is 0 Å². The maximum absolute atomic E-state index is 5.09. The molecule has 0 aliphatic carbocycles. The highest BCUT2D eigenvalue weighted by Crippen LogP contribution is 2.31. The average molecular weight is 481 g/mol. The molecule has 4 aromatic heterocycles. The topological polar surface area (TPSA) is 70.9 Å². The molecule has 1 atom stereocenters. The third-order valence-corrected chi connectivity index (χ3v) is 7.05. The highest BCUT2D eigenvalue weighted by molar-refractivity contribution is 5.82. The van der Waals surface area contributed by atoms with Crippen LogP contribution in [0.5, 0.6) is 0 Å². The number of nitrogens with zero attached hydrogens (tertiary/aromatic N) is 4. The van der Waals surface area contributed by atoms with Gasteiger partial charge in [0.05, 0.1) is 17.6 Å². The molecule has 5 rings (SSSR count). The van der Waals surface area contributed by atoms with Gasteiger partial charge in [-0.1, -0.05) is 33.8 Å². The Labute approximate surface area is 213 Å². The van der Waals surface area contributed by atoms with Crippen molar-refractivity contribution in [3.63, 3.8) is 0 Å². The Morgan fingerprint density at radius 3 is 2.61 bits per heavy atom. The summed E-state index contributed by atoms with van der Waals surface area (Å²) in [6.45, 7) is 9.97. The molecule has 1 unspecified atom stereocenters. The van der Waals surface area contributed by atoms with E-state index in [1.165, 1.54) is 16.7 Å². The quantitative estimate of drug-likeness (QED) is 0.256. The summed E-state index contributed by atoms with van der Waals surface area (Å²) < 4.78 is 2.02. The van der Waals surface area contributed by atoms with E-state index in [0.29, 0.717) is 11.8 Å². The number of rotatable bonds is 9. The summed E-state index contributed by atoms with van der Waals surface area (Å²) >= 11 is 0. The zero-order valence-electron chi connectivity index (χ0n) is 22.0. The van der Waals surface area contributed by atoms with Gasteiger partial charge in [0.15, 0.2) is 5.65 Å². The van der Waals surface area contributed by atoms with Crippen LogP contribution in [0.2, 0.25) is 0 Å². The second kappa shape index (κ2) is 10.2. The molecule has 0 saturated carbocycles. The first-order valence-corrected chi connectivity index (χ1v) is 13.1. The molecule has 4 heterocycles. The molecule has 0 spiro atoms. The van der Waals surface area contributed by atoms with Crippen molar-refractivity contribution in [2.24, 2.45) is 5.92 Å². The van der Waals surface area contributed by atoms with Crippen molar-refractivity contribution in [2.75, 3.05) is 13.6 Å². The van der Waals surface area contributed by atoms with Crippen LogP contribution in [0.1, 0.15) is 56.7 Å². The van der Waals surface area contributed by atoms with Crippen LogP contribution < -0.4 is 5.32 Å². The first kappa shape index (κ1) is 24.2. The zero-order chi connectivity index (χ0) is 25.2. The Bertz CT molecular complexity index is 1490. The van der Waals surface area contributed by atoms with Crippen LogP contribution in [0.4, 0.5) is 0 Å². The Balaban J connectivity index is 1.65. The minimum Gasteiger partial charge on any atom is -0.346 e. The van der Waals surface area contributed by atoms with Crippen molar-refractivity contribution in [2.45, 2.75) is 52.9 Å². The van der Waals surface area contributed by atoms with Crippen LogP contribution in [-0.4, -0.2) is 38.2 Å². The maximum atomic E-state index is 5.09. The van der Waals surface area contributed by atoms with Crippen LogP contribution in [0.3, 0.4) is 0 Å². The molecule has 0 aliphatic heterocycles. The molecule has 5 aromatic rings. The highest BCUT2D eigenvalue weighted by atomic mass is 15.3. The molecule has 6 nitrogen and oxygen atoms in total. The lowest BCUT2D eigenvalue weighted by Crippen LogP contribution is -2.16. The van der Waals surface area contributed by atoms with E-state index in [-0.39, 0.29) is 0 Å². The fourth-order valence-corrected chi connectivity index (χ4v) is 4.94. The molecule has 36 heavy (non-hydrogen) atoms. The van der Waals surface area contributed by atoms with Gasteiger partial charge in [-0.05, 0) is 86.1 Å². The summed E-state index contributed by atoms with van der Waals surface area (Å²) in [5, 5.41) is 9.18. The van der Waals surface area contributed by atoms with Gasteiger partial charge >= 0.3 is 0 Å². The Kier molecular flexibility index (Phi) is 6.88. The molecular formula is C30H36N6. The van der Waals surface area contributed by atoms with Crippen LogP contribution >= 0.6 is 0 Å². The first-order chi connectivity index (χ1) is 17.5. The number of nitrogens with one attached hydrogen (secondary N) is 2. The average Bonchev–Trinajstić information content (AvgIpc) is 3.53. The SMILES string of the molecule is CCc1cc(CCC(C)CNC)cc(-c2cc(-c3cnc4[nH]ccc4c3)nc3c(C(C)C)cnn23)c1. The predicted octanol–water partition coefficient (Wildman–Crippen LogP) is 6.41. The molecule has 186 valence electrons. The predicted molar refractivity (Wildman–Crippen MR) is 148 cm³/mol. The molecule has 0 radical (unpaired) electrons. The summed E-state index contributed by atoms with van der Waals surface area (Å²) in [7, 11) is 2.03. The molecular weight excluding hydrogens is 444 g/mol. The van der Waals surface area contributed by atoms with Crippen molar-refractivity contribution < 1.29 is 0 Å². The number of hydrogen-bond acceptors (Lipinski definition) is 4. The summed E-state index contributed by atoms with van der Waals surface area (Å²) in [6.07, 6.45) is 9.02. The van der Waals surface area contributed by atoms with Crippen LogP contribution in [0, 0.1) is 5.92 Å².